The van der Waals surface area contributed by atoms with E-state index in [2.05, 4.69) is 0 Å². The third kappa shape index (κ3) is 4.61. The van der Waals surface area contributed by atoms with Crippen molar-refractivity contribution < 1.29 is 27.9 Å². The van der Waals surface area contributed by atoms with Crippen LogP contribution in [-0.2, 0) is 4.79 Å². The van der Waals surface area contributed by atoms with Gasteiger partial charge in [-0.15, -0.1) is 0 Å². The molecule has 1 aromatic rings. The molecule has 8 heteroatoms. The number of hydrogen-bond acceptors (Lipinski definition) is 4. The van der Waals surface area contributed by atoms with E-state index in [4.69, 9.17) is 9.52 Å². The van der Waals surface area contributed by atoms with Gasteiger partial charge in [-0.2, -0.15) is 0 Å². The first-order valence-electron chi connectivity index (χ1n) is 5.91. The summed E-state index contributed by atoms with van der Waals surface area (Å²) in [6, 6.07) is 2.96. The van der Waals surface area contributed by atoms with Crippen LogP contribution in [0.2, 0.25) is 0 Å². The van der Waals surface area contributed by atoms with Crippen LogP contribution in [0.25, 0.3) is 0 Å². The van der Waals surface area contributed by atoms with Gasteiger partial charge in [-0.05, 0) is 12.1 Å². The van der Waals surface area contributed by atoms with Gasteiger partial charge in [0.15, 0.2) is 5.76 Å². The largest absolute Gasteiger partial charge is 0.459 e. The van der Waals surface area contributed by atoms with Crippen molar-refractivity contribution in [1.29, 1.82) is 0 Å². The molecule has 1 heterocycles. The molecule has 1 aromatic heterocycles. The Hall–Kier alpha value is -1.96. The molecule has 0 spiro atoms. The number of amides is 2. The summed E-state index contributed by atoms with van der Waals surface area (Å²) >= 11 is 0. The summed E-state index contributed by atoms with van der Waals surface area (Å²) in [5, 5.41) is 8.76. The average Bonchev–Trinajstić information content (AvgIpc) is 2.90. The van der Waals surface area contributed by atoms with Gasteiger partial charge in [0.05, 0.1) is 26.0 Å². The minimum Gasteiger partial charge on any atom is -0.459 e. The molecule has 0 radical (unpaired) electrons. The van der Waals surface area contributed by atoms with Crippen LogP contribution < -0.4 is 0 Å². The van der Waals surface area contributed by atoms with Crippen LogP contribution in [0.15, 0.2) is 22.8 Å². The standard InChI is InChI=1S/C12H16F2N2O4/c1-15(12(19)9-3-2-6-20-9)8-11(18)16(4-5-17)7-10(13)14/h2-3,6,10,17H,4-5,7-8H2,1H3. The smallest absolute Gasteiger partial charge is 0.289 e. The summed E-state index contributed by atoms with van der Waals surface area (Å²) in [4.78, 5) is 25.5. The molecule has 1 rings (SSSR count). The lowest BCUT2D eigenvalue weighted by molar-refractivity contribution is -0.134. The van der Waals surface area contributed by atoms with Crippen molar-refractivity contribution in [1.82, 2.24) is 9.80 Å². The van der Waals surface area contributed by atoms with Gasteiger partial charge >= 0.3 is 0 Å². The quantitative estimate of drug-likeness (QED) is 0.790. The first kappa shape index (κ1) is 16.1. The fourth-order valence-electron chi connectivity index (χ4n) is 1.57. The number of nitrogens with zero attached hydrogens (tertiary/aromatic N) is 2. The van der Waals surface area contributed by atoms with E-state index in [-0.39, 0.29) is 18.8 Å². The molecule has 0 saturated heterocycles. The average molecular weight is 290 g/mol. The molecule has 0 aliphatic heterocycles. The molecule has 1 N–H and O–H groups in total. The second-order valence-corrected chi connectivity index (χ2v) is 4.09. The number of rotatable bonds is 7. The highest BCUT2D eigenvalue weighted by atomic mass is 19.3. The molecule has 0 atom stereocenters. The summed E-state index contributed by atoms with van der Waals surface area (Å²) in [5.41, 5.74) is 0. The SMILES string of the molecule is CN(CC(=O)N(CCO)CC(F)F)C(=O)c1ccco1. The number of carbonyl (C=O) groups is 2. The highest BCUT2D eigenvalue weighted by Gasteiger charge is 2.22. The molecule has 0 bridgehead atoms. The van der Waals surface area contributed by atoms with Crippen LogP contribution in [0.4, 0.5) is 8.78 Å². The van der Waals surface area contributed by atoms with Crippen LogP contribution in [0, 0.1) is 0 Å². The van der Waals surface area contributed by atoms with Crippen molar-refractivity contribution in [2.45, 2.75) is 6.43 Å². The zero-order valence-corrected chi connectivity index (χ0v) is 11.0. The van der Waals surface area contributed by atoms with Gasteiger partial charge in [-0.3, -0.25) is 9.59 Å². The summed E-state index contributed by atoms with van der Waals surface area (Å²) in [6.45, 7) is -1.77. The molecule has 0 aliphatic carbocycles. The Bertz CT molecular complexity index is 437. The summed E-state index contributed by atoms with van der Waals surface area (Å²) < 4.78 is 29.5. The van der Waals surface area contributed by atoms with Crippen LogP contribution >= 0.6 is 0 Å². The Labute approximate surface area is 114 Å². The molecule has 2 amide bonds. The Morgan fingerprint density at radius 3 is 2.65 bits per heavy atom. The third-order valence-electron chi connectivity index (χ3n) is 2.53. The van der Waals surface area contributed by atoms with E-state index in [9.17, 15) is 18.4 Å². The van der Waals surface area contributed by atoms with Gasteiger partial charge < -0.3 is 19.3 Å². The molecular formula is C12H16F2N2O4. The van der Waals surface area contributed by atoms with Crippen molar-refractivity contribution in [3.63, 3.8) is 0 Å². The fourth-order valence-corrected chi connectivity index (χ4v) is 1.57. The number of carbonyl (C=O) groups excluding carboxylic acids is 2. The number of furan rings is 1. The first-order valence-corrected chi connectivity index (χ1v) is 5.91. The van der Waals surface area contributed by atoms with Crippen molar-refractivity contribution in [3.05, 3.63) is 24.2 Å². The fraction of sp³-hybridized carbons (Fsp3) is 0.500. The maximum absolute atomic E-state index is 12.3. The number of hydrogen-bond donors (Lipinski definition) is 1. The molecule has 0 aromatic carbocycles. The molecule has 6 nitrogen and oxygen atoms in total. The van der Waals surface area contributed by atoms with Crippen LogP contribution in [0.5, 0.6) is 0 Å². The van der Waals surface area contributed by atoms with Gasteiger partial charge in [-0.1, -0.05) is 0 Å². The molecule has 112 valence electrons. The maximum Gasteiger partial charge on any atom is 0.289 e. The van der Waals surface area contributed by atoms with Gasteiger partial charge in [0, 0.05) is 13.6 Å². The van der Waals surface area contributed by atoms with Crippen LogP contribution in [-0.4, -0.2) is 66.4 Å². The van der Waals surface area contributed by atoms with Crippen molar-refractivity contribution in [3.8, 4) is 0 Å². The second-order valence-electron chi connectivity index (χ2n) is 4.09. The summed E-state index contributed by atoms with van der Waals surface area (Å²) in [5.74, 6) is -1.13. The van der Waals surface area contributed by atoms with Gasteiger partial charge in [0.1, 0.15) is 0 Å². The van der Waals surface area contributed by atoms with Crippen LogP contribution in [0.3, 0.4) is 0 Å². The monoisotopic (exact) mass is 290 g/mol. The lowest BCUT2D eigenvalue weighted by Gasteiger charge is -2.24. The minimum atomic E-state index is -2.70. The second kappa shape index (κ2) is 7.59. The summed E-state index contributed by atoms with van der Waals surface area (Å²) in [6.07, 6.45) is -1.38. The zero-order chi connectivity index (χ0) is 15.1. The molecule has 0 unspecified atom stereocenters. The minimum absolute atomic E-state index is 0.0582. The van der Waals surface area contributed by atoms with E-state index in [0.717, 1.165) is 9.80 Å². The lowest BCUT2D eigenvalue weighted by atomic mass is 10.3. The van der Waals surface area contributed by atoms with E-state index < -0.39 is 31.4 Å². The Morgan fingerprint density at radius 1 is 1.45 bits per heavy atom. The van der Waals surface area contributed by atoms with E-state index >= 15 is 0 Å². The van der Waals surface area contributed by atoms with E-state index in [0.29, 0.717) is 0 Å². The lowest BCUT2D eigenvalue weighted by Crippen LogP contribution is -2.44. The first-order chi connectivity index (χ1) is 9.45. The normalized spacial score (nSPS) is 10.7. The Balaban J connectivity index is 2.60. The van der Waals surface area contributed by atoms with Crippen LogP contribution in [0.1, 0.15) is 10.6 Å². The van der Waals surface area contributed by atoms with E-state index in [1.807, 2.05) is 0 Å². The molecular weight excluding hydrogens is 274 g/mol. The predicted molar refractivity (Wildman–Crippen MR) is 65.3 cm³/mol. The highest BCUT2D eigenvalue weighted by molar-refractivity contribution is 5.94. The van der Waals surface area contributed by atoms with Crippen molar-refractivity contribution in [2.24, 2.45) is 0 Å². The van der Waals surface area contributed by atoms with E-state index in [1.165, 1.54) is 25.4 Å². The third-order valence-corrected chi connectivity index (χ3v) is 2.53. The van der Waals surface area contributed by atoms with Crippen molar-refractivity contribution >= 4 is 11.8 Å². The number of aliphatic hydroxyl groups is 1. The van der Waals surface area contributed by atoms with Gasteiger partial charge in [-0.25, -0.2) is 8.78 Å². The number of aliphatic hydroxyl groups excluding tert-OH is 1. The Morgan fingerprint density at radius 2 is 2.15 bits per heavy atom. The van der Waals surface area contributed by atoms with Gasteiger partial charge in [0.25, 0.3) is 12.3 Å². The zero-order valence-electron chi connectivity index (χ0n) is 11.0. The number of halogens is 2. The predicted octanol–water partition coefficient (Wildman–Crippen LogP) is 0.438. The van der Waals surface area contributed by atoms with Crippen molar-refractivity contribution in [2.75, 3.05) is 33.3 Å². The van der Waals surface area contributed by atoms with E-state index in [1.54, 1.807) is 0 Å². The molecule has 0 aliphatic rings. The molecule has 20 heavy (non-hydrogen) atoms. The number of alkyl halides is 2. The summed E-state index contributed by atoms with van der Waals surface area (Å²) in [7, 11) is 1.36. The van der Waals surface area contributed by atoms with Gasteiger partial charge in [0.2, 0.25) is 5.91 Å². The molecule has 0 saturated carbocycles. The maximum atomic E-state index is 12.3. The highest BCUT2D eigenvalue weighted by Crippen LogP contribution is 2.05. The topological polar surface area (TPSA) is 74.0 Å². The molecule has 0 fully saturated rings. The number of likely N-dealkylation sites (N-methyl/N-ethyl adjacent to an activating group) is 1. The Kier molecular flexibility index (Phi) is 6.10.